The monoisotopic (exact) mass is 361 g/mol. The number of amides is 1. The molecule has 1 atom stereocenters. The Hall–Kier alpha value is -2.77. The molecule has 26 heavy (non-hydrogen) atoms. The second-order valence-corrected chi connectivity index (χ2v) is 6.61. The lowest BCUT2D eigenvalue weighted by atomic mass is 10.1. The maximum Gasteiger partial charge on any atom is 0.326 e. The van der Waals surface area contributed by atoms with Gasteiger partial charge in [0.2, 0.25) is 0 Å². The summed E-state index contributed by atoms with van der Waals surface area (Å²) in [4.78, 5) is 25.6. The summed E-state index contributed by atoms with van der Waals surface area (Å²) >= 11 is 0. The number of halogens is 2. The SMILES string of the molecule is O=C(O)C1CCCN1C(=O)c1nn(-c2cccc(F)c2F)c2c1CCC2. The molecule has 1 aromatic carbocycles. The number of aromatic nitrogens is 2. The van der Waals surface area contributed by atoms with Gasteiger partial charge in [0.15, 0.2) is 17.3 Å². The minimum absolute atomic E-state index is 0.0431. The first kappa shape index (κ1) is 16.7. The van der Waals surface area contributed by atoms with Crippen molar-refractivity contribution in [2.45, 2.75) is 38.1 Å². The van der Waals surface area contributed by atoms with Gasteiger partial charge in [-0.2, -0.15) is 5.10 Å². The van der Waals surface area contributed by atoms with Gasteiger partial charge >= 0.3 is 5.97 Å². The lowest BCUT2D eigenvalue weighted by molar-refractivity contribution is -0.141. The summed E-state index contributed by atoms with van der Waals surface area (Å²) in [6, 6.07) is 2.96. The topological polar surface area (TPSA) is 75.4 Å². The van der Waals surface area contributed by atoms with Gasteiger partial charge in [0.25, 0.3) is 5.91 Å². The Morgan fingerprint density at radius 3 is 2.77 bits per heavy atom. The molecule has 1 saturated heterocycles. The molecule has 6 nitrogen and oxygen atoms in total. The number of nitrogens with zero attached hydrogens (tertiary/aromatic N) is 3. The van der Waals surface area contributed by atoms with E-state index in [0.29, 0.717) is 43.5 Å². The zero-order valence-electron chi connectivity index (χ0n) is 13.9. The lowest BCUT2D eigenvalue weighted by Crippen LogP contribution is -2.40. The van der Waals surface area contributed by atoms with Gasteiger partial charge in [-0.1, -0.05) is 6.07 Å². The smallest absolute Gasteiger partial charge is 0.326 e. The van der Waals surface area contributed by atoms with Gasteiger partial charge in [-0.25, -0.2) is 18.3 Å². The van der Waals surface area contributed by atoms with E-state index in [4.69, 9.17) is 0 Å². The van der Waals surface area contributed by atoms with Crippen LogP contribution in [0.5, 0.6) is 0 Å². The molecule has 1 aromatic heterocycles. The van der Waals surface area contributed by atoms with E-state index in [1.807, 2.05) is 0 Å². The summed E-state index contributed by atoms with van der Waals surface area (Å²) in [6.07, 6.45) is 3.02. The number of benzene rings is 1. The van der Waals surface area contributed by atoms with E-state index < -0.39 is 29.6 Å². The predicted octanol–water partition coefficient (Wildman–Crippen LogP) is 2.33. The molecule has 1 aliphatic heterocycles. The third-order valence-electron chi connectivity index (χ3n) is 5.09. The fraction of sp³-hybridized carbons (Fsp3) is 0.389. The predicted molar refractivity (Wildman–Crippen MR) is 87.2 cm³/mol. The quantitative estimate of drug-likeness (QED) is 0.910. The van der Waals surface area contributed by atoms with Crippen molar-refractivity contribution in [3.05, 3.63) is 46.8 Å². The first-order valence-corrected chi connectivity index (χ1v) is 8.58. The summed E-state index contributed by atoms with van der Waals surface area (Å²) in [5.74, 6) is -3.50. The summed E-state index contributed by atoms with van der Waals surface area (Å²) in [5, 5.41) is 13.6. The van der Waals surface area contributed by atoms with Crippen molar-refractivity contribution in [3.8, 4) is 5.69 Å². The van der Waals surface area contributed by atoms with Crippen molar-refractivity contribution in [1.82, 2.24) is 14.7 Å². The van der Waals surface area contributed by atoms with Crippen molar-refractivity contribution in [2.75, 3.05) is 6.54 Å². The first-order chi connectivity index (χ1) is 12.5. The maximum absolute atomic E-state index is 14.2. The van der Waals surface area contributed by atoms with E-state index in [9.17, 15) is 23.5 Å². The Morgan fingerprint density at radius 1 is 1.19 bits per heavy atom. The van der Waals surface area contributed by atoms with Crippen LogP contribution in [0.25, 0.3) is 5.69 Å². The third-order valence-corrected chi connectivity index (χ3v) is 5.09. The highest BCUT2D eigenvalue weighted by molar-refractivity contribution is 5.97. The number of carboxylic acid groups (broad SMARTS) is 1. The van der Waals surface area contributed by atoms with Crippen molar-refractivity contribution >= 4 is 11.9 Å². The molecule has 8 heteroatoms. The number of aliphatic carboxylic acids is 1. The van der Waals surface area contributed by atoms with Crippen molar-refractivity contribution in [1.29, 1.82) is 0 Å². The minimum Gasteiger partial charge on any atom is -0.480 e. The highest BCUT2D eigenvalue weighted by Crippen LogP contribution is 2.31. The maximum atomic E-state index is 14.2. The Bertz CT molecular complexity index is 909. The Labute approximate surface area is 148 Å². The molecule has 0 bridgehead atoms. The molecule has 4 rings (SSSR count). The van der Waals surface area contributed by atoms with E-state index in [0.717, 1.165) is 12.5 Å². The highest BCUT2D eigenvalue weighted by atomic mass is 19.2. The van der Waals surface area contributed by atoms with E-state index in [1.165, 1.54) is 21.7 Å². The second-order valence-electron chi connectivity index (χ2n) is 6.61. The number of hydrogen-bond donors (Lipinski definition) is 1. The van der Waals surface area contributed by atoms with Crippen LogP contribution < -0.4 is 0 Å². The first-order valence-electron chi connectivity index (χ1n) is 8.58. The number of fused-ring (bicyclic) bond motifs is 1. The Balaban J connectivity index is 1.78. The van der Waals surface area contributed by atoms with Crippen LogP contribution in [0.1, 0.15) is 41.0 Å². The highest BCUT2D eigenvalue weighted by Gasteiger charge is 2.38. The summed E-state index contributed by atoms with van der Waals surface area (Å²) in [6.45, 7) is 0.353. The Kier molecular flexibility index (Phi) is 3.97. The molecule has 1 N–H and O–H groups in total. The molecule has 1 aliphatic carbocycles. The molecule has 1 fully saturated rings. The summed E-state index contributed by atoms with van der Waals surface area (Å²) in [7, 11) is 0. The van der Waals surface area contributed by atoms with E-state index >= 15 is 0 Å². The largest absolute Gasteiger partial charge is 0.480 e. The molecule has 2 aliphatic rings. The zero-order valence-corrected chi connectivity index (χ0v) is 13.9. The van der Waals surface area contributed by atoms with Gasteiger partial charge in [-0.15, -0.1) is 0 Å². The summed E-state index contributed by atoms with van der Waals surface area (Å²) < 4.78 is 29.1. The van der Waals surface area contributed by atoms with Crippen LogP contribution in [0.4, 0.5) is 8.78 Å². The Morgan fingerprint density at radius 2 is 2.00 bits per heavy atom. The molecule has 0 spiro atoms. The van der Waals surface area contributed by atoms with Gasteiger partial charge in [-0.3, -0.25) is 4.79 Å². The number of carbonyl (C=O) groups is 2. The van der Waals surface area contributed by atoms with Crippen molar-refractivity contribution in [2.24, 2.45) is 0 Å². The molecular weight excluding hydrogens is 344 g/mol. The molecular formula is C18H17F2N3O3. The number of rotatable bonds is 3. The van der Waals surface area contributed by atoms with Gasteiger partial charge in [0.05, 0.1) is 0 Å². The number of carboxylic acids is 1. The minimum atomic E-state index is -1.04. The molecule has 1 amide bonds. The molecule has 0 radical (unpaired) electrons. The van der Waals surface area contributed by atoms with Crippen LogP contribution in [0.2, 0.25) is 0 Å². The van der Waals surface area contributed by atoms with Gasteiger partial charge in [0.1, 0.15) is 11.7 Å². The van der Waals surface area contributed by atoms with Gasteiger partial charge in [0, 0.05) is 17.8 Å². The van der Waals surface area contributed by atoms with Crippen LogP contribution in [-0.2, 0) is 17.6 Å². The normalized spacial score (nSPS) is 19.0. The molecule has 136 valence electrons. The fourth-order valence-corrected chi connectivity index (χ4v) is 3.87. The van der Waals surface area contributed by atoms with Crippen LogP contribution in [0.3, 0.4) is 0 Å². The average molecular weight is 361 g/mol. The number of carbonyl (C=O) groups excluding carboxylic acids is 1. The molecule has 1 unspecified atom stereocenters. The van der Waals surface area contributed by atoms with Gasteiger partial charge < -0.3 is 10.0 Å². The standard InChI is InChI=1S/C18H17F2N3O3/c19-11-5-2-7-13(15(11)20)23-12-6-1-4-10(12)16(21-23)17(24)22-9-3-8-14(22)18(25)26/h2,5,7,14H,1,3-4,6,8-9H2,(H,25,26). The summed E-state index contributed by atoms with van der Waals surface area (Å²) in [5.41, 5.74) is 1.49. The molecule has 2 heterocycles. The fourth-order valence-electron chi connectivity index (χ4n) is 3.87. The van der Waals surface area contributed by atoms with E-state index in [2.05, 4.69) is 5.10 Å². The molecule has 2 aromatic rings. The number of hydrogen-bond acceptors (Lipinski definition) is 3. The van der Waals surface area contributed by atoms with E-state index in [-0.39, 0.29) is 11.4 Å². The molecule has 0 saturated carbocycles. The lowest BCUT2D eigenvalue weighted by Gasteiger charge is -2.20. The van der Waals surface area contributed by atoms with Gasteiger partial charge in [-0.05, 0) is 44.2 Å². The average Bonchev–Trinajstić information content (AvgIpc) is 3.32. The van der Waals surface area contributed by atoms with Crippen LogP contribution in [0.15, 0.2) is 18.2 Å². The van der Waals surface area contributed by atoms with Crippen molar-refractivity contribution < 1.29 is 23.5 Å². The van der Waals surface area contributed by atoms with Crippen LogP contribution in [0, 0.1) is 11.6 Å². The van der Waals surface area contributed by atoms with Crippen molar-refractivity contribution in [3.63, 3.8) is 0 Å². The number of likely N-dealkylation sites (tertiary alicyclic amines) is 1. The van der Waals surface area contributed by atoms with Crippen LogP contribution in [-0.4, -0.2) is 44.3 Å². The second kappa shape index (κ2) is 6.19. The van der Waals surface area contributed by atoms with Crippen LogP contribution >= 0.6 is 0 Å². The third kappa shape index (κ3) is 2.48. The zero-order chi connectivity index (χ0) is 18.4. The van der Waals surface area contributed by atoms with E-state index in [1.54, 1.807) is 0 Å².